The molecule has 0 fully saturated rings. The number of hydrogen-bond donors (Lipinski definition) is 0. The highest BCUT2D eigenvalue weighted by molar-refractivity contribution is 6.28. The third kappa shape index (κ3) is 4.83. The van der Waals surface area contributed by atoms with Gasteiger partial charge in [0.2, 0.25) is 0 Å². The molecule has 2 amide bonds. The minimum absolute atomic E-state index is 0.270. The zero-order chi connectivity index (χ0) is 19.8. The Morgan fingerprint density at radius 3 is 1.54 bits per heavy atom. The standard InChI is InChI=1S/C13H13NO2.C12H10/c1-2-3-10-4-6-11(7-5-10)14-12(15)8-9-13(14)16;1-3-7-11(8-4-1)12-9-5-2-6-10-12/h4-9H,2-3H2,1H3;1-10H. The van der Waals surface area contributed by atoms with Crippen LogP contribution in [0.3, 0.4) is 0 Å². The number of anilines is 1. The van der Waals surface area contributed by atoms with Crippen LogP contribution < -0.4 is 4.90 Å². The summed E-state index contributed by atoms with van der Waals surface area (Å²) in [6, 6.07) is 28.3. The van der Waals surface area contributed by atoms with Crippen LogP contribution in [0.5, 0.6) is 0 Å². The van der Waals surface area contributed by atoms with Gasteiger partial charge in [0.05, 0.1) is 5.69 Å². The first-order valence-electron chi connectivity index (χ1n) is 9.44. The van der Waals surface area contributed by atoms with Crippen LogP contribution in [0.15, 0.2) is 97.1 Å². The van der Waals surface area contributed by atoms with Gasteiger partial charge in [-0.25, -0.2) is 4.90 Å². The van der Waals surface area contributed by atoms with Crippen molar-refractivity contribution in [2.45, 2.75) is 19.8 Å². The highest BCUT2D eigenvalue weighted by Gasteiger charge is 2.24. The number of amides is 2. The molecule has 0 spiro atoms. The number of hydrogen-bond acceptors (Lipinski definition) is 2. The maximum atomic E-state index is 11.4. The van der Waals surface area contributed by atoms with Crippen molar-refractivity contribution in [1.29, 1.82) is 0 Å². The van der Waals surface area contributed by atoms with Crippen LogP contribution in [-0.4, -0.2) is 11.8 Å². The Kier molecular flexibility index (Phi) is 6.53. The molecular formula is C25H23NO2. The lowest BCUT2D eigenvalue weighted by molar-refractivity contribution is -0.119. The molecule has 1 aliphatic heterocycles. The van der Waals surface area contributed by atoms with E-state index in [1.54, 1.807) is 0 Å². The van der Waals surface area contributed by atoms with Crippen molar-refractivity contribution in [3.63, 3.8) is 0 Å². The van der Waals surface area contributed by atoms with Crippen LogP contribution in [0, 0.1) is 0 Å². The number of rotatable bonds is 4. The molecule has 1 aliphatic rings. The molecule has 0 saturated heterocycles. The molecule has 0 unspecified atom stereocenters. The van der Waals surface area contributed by atoms with E-state index >= 15 is 0 Å². The van der Waals surface area contributed by atoms with Crippen molar-refractivity contribution in [2.75, 3.05) is 4.90 Å². The van der Waals surface area contributed by atoms with Crippen molar-refractivity contribution in [1.82, 2.24) is 0 Å². The molecule has 1 heterocycles. The fourth-order valence-corrected chi connectivity index (χ4v) is 3.02. The van der Waals surface area contributed by atoms with E-state index in [9.17, 15) is 9.59 Å². The van der Waals surface area contributed by atoms with E-state index < -0.39 is 0 Å². The summed E-state index contributed by atoms with van der Waals surface area (Å²) in [4.78, 5) is 24.0. The first-order chi connectivity index (χ1) is 13.7. The summed E-state index contributed by atoms with van der Waals surface area (Å²) in [5.41, 5.74) is 4.41. The third-order valence-corrected chi connectivity index (χ3v) is 4.42. The largest absolute Gasteiger partial charge is 0.269 e. The Balaban J connectivity index is 0.000000167. The van der Waals surface area contributed by atoms with Crippen LogP contribution in [0.4, 0.5) is 5.69 Å². The molecule has 0 aromatic heterocycles. The maximum Gasteiger partial charge on any atom is 0.258 e. The number of carbonyl (C=O) groups excluding carboxylic acids is 2. The SMILES string of the molecule is CCCc1ccc(N2C(=O)C=CC2=O)cc1.c1ccc(-c2ccccc2)cc1. The second kappa shape index (κ2) is 9.47. The molecular weight excluding hydrogens is 346 g/mol. The van der Waals surface area contributed by atoms with E-state index in [0.717, 1.165) is 12.8 Å². The molecule has 0 radical (unpaired) electrons. The van der Waals surface area contributed by atoms with Crippen LogP contribution in [0.2, 0.25) is 0 Å². The molecule has 0 N–H and O–H groups in total. The number of imide groups is 1. The molecule has 3 heteroatoms. The molecule has 0 aliphatic carbocycles. The van der Waals surface area contributed by atoms with Gasteiger partial charge in [0.1, 0.15) is 0 Å². The third-order valence-electron chi connectivity index (χ3n) is 4.42. The van der Waals surface area contributed by atoms with Gasteiger partial charge >= 0.3 is 0 Å². The molecule has 3 aromatic carbocycles. The van der Waals surface area contributed by atoms with E-state index in [1.165, 1.54) is 33.7 Å². The van der Waals surface area contributed by atoms with Gasteiger partial charge in [-0.3, -0.25) is 9.59 Å². The second-order valence-corrected chi connectivity index (χ2v) is 6.49. The predicted octanol–water partition coefficient (Wildman–Crippen LogP) is 5.42. The van der Waals surface area contributed by atoms with Crippen molar-refractivity contribution in [2.24, 2.45) is 0 Å². The zero-order valence-corrected chi connectivity index (χ0v) is 15.9. The van der Waals surface area contributed by atoms with Crippen LogP contribution in [-0.2, 0) is 16.0 Å². The first kappa shape index (κ1) is 19.3. The fraction of sp³-hybridized carbons (Fsp3) is 0.120. The van der Waals surface area contributed by atoms with Crippen molar-refractivity contribution in [3.05, 3.63) is 103 Å². The summed E-state index contributed by atoms with van der Waals surface area (Å²) >= 11 is 0. The van der Waals surface area contributed by atoms with Crippen LogP contribution >= 0.6 is 0 Å². The van der Waals surface area contributed by atoms with E-state index in [2.05, 4.69) is 55.5 Å². The molecule has 0 saturated carbocycles. The average molecular weight is 369 g/mol. The van der Waals surface area contributed by atoms with Gasteiger partial charge in [-0.05, 0) is 35.2 Å². The summed E-state index contributed by atoms with van der Waals surface area (Å²) in [5, 5.41) is 0. The van der Waals surface area contributed by atoms with Crippen molar-refractivity contribution in [3.8, 4) is 11.1 Å². The minimum Gasteiger partial charge on any atom is -0.269 e. The average Bonchev–Trinajstić information content (AvgIpc) is 3.09. The summed E-state index contributed by atoms with van der Waals surface area (Å²) in [7, 11) is 0. The van der Waals surface area contributed by atoms with Gasteiger partial charge in [0.15, 0.2) is 0 Å². The highest BCUT2D eigenvalue weighted by Crippen LogP contribution is 2.20. The zero-order valence-electron chi connectivity index (χ0n) is 15.9. The lowest BCUT2D eigenvalue weighted by Gasteiger charge is -2.13. The van der Waals surface area contributed by atoms with E-state index in [-0.39, 0.29) is 11.8 Å². The van der Waals surface area contributed by atoms with Gasteiger partial charge in [-0.1, -0.05) is 86.1 Å². The number of benzene rings is 3. The van der Waals surface area contributed by atoms with Crippen molar-refractivity contribution >= 4 is 17.5 Å². The van der Waals surface area contributed by atoms with E-state index in [4.69, 9.17) is 0 Å². The van der Waals surface area contributed by atoms with Crippen LogP contribution in [0.1, 0.15) is 18.9 Å². The Morgan fingerprint density at radius 1 is 0.643 bits per heavy atom. The number of carbonyl (C=O) groups is 2. The Morgan fingerprint density at radius 2 is 1.11 bits per heavy atom. The lowest BCUT2D eigenvalue weighted by atomic mass is 10.1. The smallest absolute Gasteiger partial charge is 0.258 e. The van der Waals surface area contributed by atoms with Gasteiger partial charge in [-0.2, -0.15) is 0 Å². The maximum absolute atomic E-state index is 11.4. The monoisotopic (exact) mass is 369 g/mol. The van der Waals surface area contributed by atoms with E-state index in [0.29, 0.717) is 5.69 Å². The lowest BCUT2D eigenvalue weighted by Crippen LogP contribution is -2.29. The number of aryl methyl sites for hydroxylation is 1. The normalized spacial score (nSPS) is 12.7. The van der Waals surface area contributed by atoms with Gasteiger partial charge in [0.25, 0.3) is 11.8 Å². The molecule has 0 atom stereocenters. The Labute approximate surface area is 165 Å². The van der Waals surface area contributed by atoms with Crippen LogP contribution in [0.25, 0.3) is 11.1 Å². The molecule has 3 aromatic rings. The summed E-state index contributed by atoms with van der Waals surface area (Å²) in [6.07, 6.45) is 4.69. The predicted molar refractivity (Wildman–Crippen MR) is 114 cm³/mol. The topological polar surface area (TPSA) is 37.4 Å². The molecule has 4 rings (SSSR count). The summed E-state index contributed by atoms with van der Waals surface area (Å²) in [6.45, 7) is 2.12. The van der Waals surface area contributed by atoms with Crippen molar-refractivity contribution < 1.29 is 9.59 Å². The first-order valence-corrected chi connectivity index (χ1v) is 9.44. The van der Waals surface area contributed by atoms with Gasteiger partial charge in [-0.15, -0.1) is 0 Å². The van der Waals surface area contributed by atoms with Gasteiger partial charge < -0.3 is 0 Å². The number of nitrogens with zero attached hydrogens (tertiary/aromatic N) is 1. The molecule has 3 nitrogen and oxygen atoms in total. The Bertz CT molecular complexity index is 889. The molecule has 0 bridgehead atoms. The fourth-order valence-electron chi connectivity index (χ4n) is 3.02. The quantitative estimate of drug-likeness (QED) is 0.576. The second-order valence-electron chi connectivity index (χ2n) is 6.49. The summed E-state index contributed by atoms with van der Waals surface area (Å²) in [5.74, 6) is -0.540. The Hall–Kier alpha value is -3.46. The molecule has 28 heavy (non-hydrogen) atoms. The van der Waals surface area contributed by atoms with E-state index in [1.807, 2.05) is 36.4 Å². The molecule has 140 valence electrons. The highest BCUT2D eigenvalue weighted by atomic mass is 16.2. The summed E-state index contributed by atoms with van der Waals surface area (Å²) < 4.78 is 0. The minimum atomic E-state index is -0.270. The van der Waals surface area contributed by atoms with Gasteiger partial charge in [0, 0.05) is 12.2 Å².